The summed E-state index contributed by atoms with van der Waals surface area (Å²) in [5.41, 5.74) is -2.01. The largest absolute Gasteiger partial charge is 0.418 e. The maximum Gasteiger partial charge on any atom is 0.418 e. The minimum atomic E-state index is -4.96. The van der Waals surface area contributed by atoms with E-state index >= 15 is 0 Å². The summed E-state index contributed by atoms with van der Waals surface area (Å²) in [4.78, 5) is 8.97. The zero-order valence-corrected chi connectivity index (χ0v) is 13.7. The number of sulfone groups is 1. The van der Waals surface area contributed by atoms with Gasteiger partial charge in [0.1, 0.15) is 4.90 Å². The van der Waals surface area contributed by atoms with E-state index in [2.05, 4.69) is 5.32 Å². The van der Waals surface area contributed by atoms with Gasteiger partial charge in [0.2, 0.25) is 9.84 Å². The fourth-order valence-corrected chi connectivity index (χ4v) is 4.73. The Kier molecular flexibility index (Phi) is 3.57. The van der Waals surface area contributed by atoms with Crippen molar-refractivity contribution >= 4 is 26.9 Å². The van der Waals surface area contributed by atoms with Gasteiger partial charge < -0.3 is 5.32 Å². The van der Waals surface area contributed by atoms with E-state index in [1.807, 2.05) is 0 Å². The highest BCUT2D eigenvalue weighted by Gasteiger charge is 2.42. The Morgan fingerprint density at radius 3 is 2.32 bits per heavy atom. The molecule has 0 fully saturated rings. The molecule has 0 unspecified atom stereocenters. The van der Waals surface area contributed by atoms with Gasteiger partial charge in [0, 0.05) is 12.1 Å². The Bertz CT molecular complexity index is 1030. The number of nitrogens with zero attached hydrogens (tertiary/aromatic N) is 1. The number of hydrogen-bond acceptors (Lipinski definition) is 5. The standard InChI is InChI=1S/C15H11F3N2O4S/c1-7-3-8(2)14-11(4-7)19-13-10(15(16,17)18)5-9(20(21)22)6-12(13)25(14,23)24/h3-6,19H,1-2H3. The monoisotopic (exact) mass is 372 g/mol. The number of alkyl halides is 3. The molecular weight excluding hydrogens is 361 g/mol. The first-order chi connectivity index (χ1) is 11.4. The van der Waals surface area contributed by atoms with Crippen molar-refractivity contribution in [3.63, 3.8) is 0 Å². The molecule has 0 atom stereocenters. The van der Waals surface area contributed by atoms with E-state index in [9.17, 15) is 31.7 Å². The van der Waals surface area contributed by atoms with E-state index in [-0.39, 0.29) is 10.6 Å². The molecular formula is C15H11F3N2O4S. The third-order valence-electron chi connectivity index (χ3n) is 3.84. The quantitative estimate of drug-likeness (QED) is 0.513. The first-order valence-electron chi connectivity index (χ1n) is 6.96. The number of hydrogen-bond donors (Lipinski definition) is 1. The highest BCUT2D eigenvalue weighted by atomic mass is 32.2. The molecule has 0 saturated carbocycles. The predicted molar refractivity (Wildman–Crippen MR) is 82.7 cm³/mol. The van der Waals surface area contributed by atoms with Gasteiger partial charge in [-0.2, -0.15) is 13.2 Å². The van der Waals surface area contributed by atoms with Gasteiger partial charge >= 0.3 is 6.18 Å². The van der Waals surface area contributed by atoms with Crippen LogP contribution in [0.15, 0.2) is 34.1 Å². The normalized spacial score (nSPS) is 15.1. The molecule has 10 heteroatoms. The van der Waals surface area contributed by atoms with Gasteiger partial charge in [-0.05, 0) is 31.0 Å². The van der Waals surface area contributed by atoms with Gasteiger partial charge in [0.15, 0.2) is 0 Å². The molecule has 3 rings (SSSR count). The van der Waals surface area contributed by atoms with E-state index in [1.54, 1.807) is 13.0 Å². The van der Waals surface area contributed by atoms with Crippen molar-refractivity contribution in [1.29, 1.82) is 0 Å². The van der Waals surface area contributed by atoms with Crippen molar-refractivity contribution in [1.82, 2.24) is 0 Å². The van der Waals surface area contributed by atoms with Gasteiger partial charge in [-0.3, -0.25) is 10.1 Å². The van der Waals surface area contributed by atoms with Crippen LogP contribution in [0.2, 0.25) is 0 Å². The Morgan fingerprint density at radius 2 is 1.76 bits per heavy atom. The number of nitrogens with one attached hydrogen (secondary N) is 1. The minimum Gasteiger partial charge on any atom is -0.353 e. The molecule has 0 spiro atoms. The number of fused-ring (bicyclic) bond motifs is 2. The summed E-state index contributed by atoms with van der Waals surface area (Å²) >= 11 is 0. The van der Waals surface area contributed by atoms with Crippen molar-refractivity contribution in [2.24, 2.45) is 0 Å². The van der Waals surface area contributed by atoms with E-state index in [0.717, 1.165) is 0 Å². The van der Waals surface area contributed by atoms with Crippen LogP contribution in [-0.2, 0) is 16.0 Å². The number of aryl methyl sites for hydroxylation is 2. The minimum absolute atomic E-state index is 0.0179. The molecule has 1 N–H and O–H groups in total. The van der Waals surface area contributed by atoms with E-state index < -0.39 is 42.8 Å². The van der Waals surface area contributed by atoms with Crippen LogP contribution in [0.25, 0.3) is 0 Å². The third-order valence-corrected chi connectivity index (χ3v) is 5.82. The summed E-state index contributed by atoms with van der Waals surface area (Å²) in [5.74, 6) is 0. The first kappa shape index (κ1) is 17.2. The van der Waals surface area contributed by atoms with Crippen LogP contribution in [0.4, 0.5) is 30.2 Å². The number of benzene rings is 2. The second-order valence-corrected chi connectivity index (χ2v) is 7.56. The van der Waals surface area contributed by atoms with Gasteiger partial charge in [0.25, 0.3) is 5.69 Å². The number of non-ortho nitro benzene ring substituents is 1. The Labute approximate surface area is 140 Å². The van der Waals surface area contributed by atoms with Gasteiger partial charge in [-0.1, -0.05) is 6.07 Å². The molecule has 1 aliphatic heterocycles. The van der Waals surface area contributed by atoms with Crippen LogP contribution in [0, 0.1) is 24.0 Å². The first-order valence-corrected chi connectivity index (χ1v) is 8.44. The van der Waals surface area contributed by atoms with Crippen molar-refractivity contribution in [3.05, 3.63) is 51.1 Å². The van der Waals surface area contributed by atoms with Gasteiger partial charge in [-0.15, -0.1) is 0 Å². The number of nitro benzene ring substituents is 1. The molecule has 2 aromatic rings. The zero-order valence-electron chi connectivity index (χ0n) is 12.9. The molecule has 0 bridgehead atoms. The molecule has 25 heavy (non-hydrogen) atoms. The van der Waals surface area contributed by atoms with Crippen LogP contribution >= 0.6 is 0 Å². The number of nitro groups is 1. The molecule has 6 nitrogen and oxygen atoms in total. The molecule has 0 aromatic heterocycles. The second-order valence-electron chi connectivity index (χ2n) is 5.71. The van der Waals surface area contributed by atoms with E-state index in [0.29, 0.717) is 23.3 Å². The SMILES string of the molecule is Cc1cc(C)c2c(c1)Nc1c(C(F)(F)F)cc([N+](=O)[O-])cc1S2(=O)=O. The summed E-state index contributed by atoms with van der Waals surface area (Å²) in [6, 6.07) is 3.97. The van der Waals surface area contributed by atoms with Crippen LogP contribution < -0.4 is 5.32 Å². The highest BCUT2D eigenvalue weighted by Crippen LogP contribution is 2.48. The lowest BCUT2D eigenvalue weighted by molar-refractivity contribution is -0.385. The Balaban J connectivity index is 2.43. The number of anilines is 2. The lowest BCUT2D eigenvalue weighted by atomic mass is 10.1. The molecule has 1 aliphatic rings. The smallest absolute Gasteiger partial charge is 0.353 e. The molecule has 0 aliphatic carbocycles. The Hall–Kier alpha value is -2.62. The highest BCUT2D eigenvalue weighted by molar-refractivity contribution is 7.92. The predicted octanol–water partition coefficient (Wildman–Crippen LogP) is 4.12. The number of halogens is 3. The van der Waals surface area contributed by atoms with Crippen LogP contribution in [-0.4, -0.2) is 13.3 Å². The van der Waals surface area contributed by atoms with Crippen molar-refractivity contribution < 1.29 is 26.5 Å². The lowest BCUT2D eigenvalue weighted by Gasteiger charge is -2.26. The molecule has 2 aromatic carbocycles. The Morgan fingerprint density at radius 1 is 1.12 bits per heavy atom. The van der Waals surface area contributed by atoms with Crippen LogP contribution in [0.1, 0.15) is 16.7 Å². The molecule has 0 saturated heterocycles. The molecule has 132 valence electrons. The maximum absolute atomic E-state index is 13.3. The van der Waals surface area contributed by atoms with E-state index in [1.165, 1.54) is 13.0 Å². The summed E-state index contributed by atoms with van der Waals surface area (Å²) in [5, 5.41) is 13.5. The summed E-state index contributed by atoms with van der Waals surface area (Å²) in [6.45, 7) is 3.19. The maximum atomic E-state index is 13.3. The molecule has 1 heterocycles. The zero-order chi connectivity index (χ0) is 18.7. The van der Waals surface area contributed by atoms with Crippen molar-refractivity contribution in [2.75, 3.05) is 5.32 Å². The van der Waals surface area contributed by atoms with Gasteiger partial charge in [-0.25, -0.2) is 8.42 Å². The lowest BCUT2D eigenvalue weighted by Crippen LogP contribution is -2.20. The average Bonchev–Trinajstić information content (AvgIpc) is 2.43. The fraction of sp³-hybridized carbons (Fsp3) is 0.200. The summed E-state index contributed by atoms with van der Waals surface area (Å²) in [7, 11) is -4.35. The molecule has 0 radical (unpaired) electrons. The topological polar surface area (TPSA) is 89.3 Å². The molecule has 0 amide bonds. The van der Waals surface area contributed by atoms with E-state index in [4.69, 9.17) is 0 Å². The van der Waals surface area contributed by atoms with Gasteiger partial charge in [0.05, 0.1) is 26.8 Å². The fourth-order valence-electron chi connectivity index (χ4n) is 2.92. The third kappa shape index (κ3) is 2.62. The summed E-state index contributed by atoms with van der Waals surface area (Å²) in [6.07, 6.45) is -4.96. The number of rotatable bonds is 1. The summed E-state index contributed by atoms with van der Waals surface area (Å²) < 4.78 is 65.7. The average molecular weight is 372 g/mol. The van der Waals surface area contributed by atoms with Crippen LogP contribution in [0.3, 0.4) is 0 Å². The van der Waals surface area contributed by atoms with Crippen LogP contribution in [0.5, 0.6) is 0 Å². The van der Waals surface area contributed by atoms with Crippen molar-refractivity contribution in [3.8, 4) is 0 Å². The second kappa shape index (κ2) is 5.19. The van der Waals surface area contributed by atoms with Crippen molar-refractivity contribution in [2.45, 2.75) is 29.8 Å².